The Balaban J connectivity index is 1.16. The first-order valence-electron chi connectivity index (χ1n) is 11.8. The maximum absolute atomic E-state index is 13.9. The first-order valence-corrected chi connectivity index (χ1v) is 12.2. The lowest BCUT2D eigenvalue weighted by Gasteiger charge is -2.61. The van der Waals surface area contributed by atoms with Crippen LogP contribution < -0.4 is 5.32 Å². The Hall–Kier alpha value is -2.72. The first-order chi connectivity index (χ1) is 16.0. The Morgan fingerprint density at radius 1 is 1.09 bits per heavy atom. The maximum atomic E-state index is 13.9. The molecular weight excluding hydrogens is 435 g/mol. The molecule has 0 spiro atoms. The molecule has 2 unspecified atom stereocenters. The quantitative estimate of drug-likeness (QED) is 0.426. The molecule has 1 heterocycles. The Kier molecular flexibility index (Phi) is 5.02. The molecule has 0 saturated heterocycles. The highest BCUT2D eigenvalue weighted by molar-refractivity contribution is 6.30. The van der Waals surface area contributed by atoms with Gasteiger partial charge in [0.25, 0.3) is 0 Å². The molecule has 4 bridgehead atoms. The number of allylic oxidation sites excluding steroid dienone is 1. The average Bonchev–Trinajstić information content (AvgIpc) is 2.85. The van der Waals surface area contributed by atoms with E-state index in [2.05, 4.69) is 22.4 Å². The lowest BCUT2D eigenvalue weighted by Crippen LogP contribution is -2.54. The van der Waals surface area contributed by atoms with Gasteiger partial charge in [0.15, 0.2) is 0 Å². The number of halogens is 2. The summed E-state index contributed by atoms with van der Waals surface area (Å²) >= 11 is 5.94. The standard InChI is InChI=1S/C28H26ClFN2O/c1-15(28(33)32-20-5-2-18(29)3-6-20)16-10-22-24-12-17(13-25(22)23(24)11-16)21-8-9-31-27-7-4-19(30)14-26(21)27/h2-10,14-15,17,22-25H,11-13H2,1H3,(H,32,33)/t15?,17-,22?,23+,24-,25+. The second-order valence-electron chi connectivity index (χ2n) is 9.96. The summed E-state index contributed by atoms with van der Waals surface area (Å²) in [5.41, 5.74) is 4.17. The van der Waals surface area contributed by atoms with Gasteiger partial charge in [0, 0.05) is 22.3 Å². The zero-order valence-electron chi connectivity index (χ0n) is 18.5. The molecule has 3 saturated carbocycles. The molecule has 6 atom stereocenters. The van der Waals surface area contributed by atoms with Crippen LogP contribution in [0.25, 0.3) is 10.9 Å². The molecule has 3 nitrogen and oxygen atoms in total. The Morgan fingerprint density at radius 3 is 2.55 bits per heavy atom. The Morgan fingerprint density at radius 2 is 1.85 bits per heavy atom. The summed E-state index contributed by atoms with van der Waals surface area (Å²) in [6.45, 7) is 2.01. The number of carbonyl (C=O) groups excluding carboxylic acids is 1. The number of amides is 1. The van der Waals surface area contributed by atoms with Crippen LogP contribution in [0, 0.1) is 35.4 Å². The number of pyridine rings is 1. The molecule has 3 aromatic rings. The molecule has 0 radical (unpaired) electrons. The van der Waals surface area contributed by atoms with Gasteiger partial charge < -0.3 is 5.32 Å². The summed E-state index contributed by atoms with van der Waals surface area (Å²) in [5, 5.41) is 4.64. The normalized spacial score (nSPS) is 28.6. The van der Waals surface area contributed by atoms with E-state index in [1.54, 1.807) is 24.3 Å². The van der Waals surface area contributed by atoms with Crippen molar-refractivity contribution in [1.82, 2.24) is 4.98 Å². The number of fused-ring (bicyclic) bond motifs is 4. The predicted octanol–water partition coefficient (Wildman–Crippen LogP) is 6.99. The molecule has 5 heteroatoms. The van der Waals surface area contributed by atoms with E-state index in [9.17, 15) is 9.18 Å². The minimum atomic E-state index is -0.201. The van der Waals surface area contributed by atoms with Gasteiger partial charge in [0.1, 0.15) is 5.82 Å². The van der Waals surface area contributed by atoms with Gasteiger partial charge in [-0.25, -0.2) is 4.39 Å². The van der Waals surface area contributed by atoms with Crippen molar-refractivity contribution in [3.8, 4) is 0 Å². The fourth-order valence-electron chi connectivity index (χ4n) is 6.64. The highest BCUT2D eigenvalue weighted by Crippen LogP contribution is 2.64. The van der Waals surface area contributed by atoms with Crippen molar-refractivity contribution in [2.75, 3.05) is 5.32 Å². The molecule has 8 rings (SSSR count). The molecular formula is C28H26ClFN2O. The molecule has 5 aliphatic rings. The minimum Gasteiger partial charge on any atom is -0.326 e. The summed E-state index contributed by atoms with van der Waals surface area (Å²) in [4.78, 5) is 17.3. The highest BCUT2D eigenvalue weighted by atomic mass is 35.5. The molecule has 33 heavy (non-hydrogen) atoms. The molecule has 5 aliphatic carbocycles. The third-order valence-electron chi connectivity index (χ3n) is 8.32. The van der Waals surface area contributed by atoms with Crippen LogP contribution in [0.3, 0.4) is 0 Å². The summed E-state index contributed by atoms with van der Waals surface area (Å²) in [6.07, 6.45) is 7.55. The van der Waals surface area contributed by atoms with Crippen molar-refractivity contribution < 1.29 is 9.18 Å². The molecule has 0 aliphatic heterocycles. The fourth-order valence-corrected chi connectivity index (χ4v) is 6.76. The Labute approximate surface area is 198 Å². The molecule has 1 aromatic heterocycles. The number of nitrogens with one attached hydrogen (secondary N) is 1. The molecule has 2 aromatic carbocycles. The second kappa shape index (κ2) is 7.95. The second-order valence-corrected chi connectivity index (χ2v) is 10.4. The zero-order chi connectivity index (χ0) is 22.7. The van der Waals surface area contributed by atoms with E-state index in [0.717, 1.165) is 35.9 Å². The number of hydrogen-bond acceptors (Lipinski definition) is 2. The largest absolute Gasteiger partial charge is 0.326 e. The van der Waals surface area contributed by atoms with Crippen LogP contribution in [0.2, 0.25) is 5.02 Å². The van der Waals surface area contributed by atoms with Gasteiger partial charge in [-0.3, -0.25) is 9.78 Å². The number of aromatic nitrogens is 1. The monoisotopic (exact) mass is 460 g/mol. The Bertz CT molecular complexity index is 1260. The number of benzene rings is 2. The summed E-state index contributed by atoms with van der Waals surface area (Å²) in [5.74, 6) is 2.75. The number of carbonyl (C=O) groups is 1. The van der Waals surface area contributed by atoms with E-state index in [-0.39, 0.29) is 17.6 Å². The van der Waals surface area contributed by atoms with Gasteiger partial charge in [-0.15, -0.1) is 0 Å². The SMILES string of the molecule is CC(C(=O)Nc1ccc(Cl)cc1)C1=CC2[C@H]3C[C@@H](c4ccnc5ccc(F)cc45)C[C@@H]2[C@H]3C1. The predicted molar refractivity (Wildman–Crippen MR) is 130 cm³/mol. The van der Waals surface area contributed by atoms with Gasteiger partial charge in [0.05, 0.1) is 11.4 Å². The van der Waals surface area contributed by atoms with E-state index >= 15 is 0 Å². The van der Waals surface area contributed by atoms with Crippen molar-refractivity contribution in [3.05, 3.63) is 82.8 Å². The third-order valence-corrected chi connectivity index (χ3v) is 8.57. The van der Waals surface area contributed by atoms with Crippen LogP contribution in [0.1, 0.15) is 37.7 Å². The number of anilines is 1. The lowest BCUT2D eigenvalue weighted by atomic mass is 9.43. The summed E-state index contributed by atoms with van der Waals surface area (Å²) < 4.78 is 13.9. The number of rotatable bonds is 4. The van der Waals surface area contributed by atoms with Crippen LogP contribution >= 0.6 is 11.6 Å². The van der Waals surface area contributed by atoms with E-state index in [4.69, 9.17) is 11.6 Å². The summed E-state index contributed by atoms with van der Waals surface area (Å²) in [7, 11) is 0. The minimum absolute atomic E-state index is 0.0400. The van der Waals surface area contributed by atoms with Crippen LogP contribution in [-0.4, -0.2) is 10.9 Å². The van der Waals surface area contributed by atoms with Crippen LogP contribution in [-0.2, 0) is 4.79 Å². The van der Waals surface area contributed by atoms with Gasteiger partial charge >= 0.3 is 0 Å². The van der Waals surface area contributed by atoms with Crippen molar-refractivity contribution >= 4 is 34.1 Å². The topological polar surface area (TPSA) is 42.0 Å². The van der Waals surface area contributed by atoms with Crippen LogP contribution in [0.15, 0.2) is 66.4 Å². The lowest BCUT2D eigenvalue weighted by molar-refractivity contribution is -0.119. The third kappa shape index (κ3) is 3.56. The van der Waals surface area contributed by atoms with E-state index in [1.807, 2.05) is 25.3 Å². The van der Waals surface area contributed by atoms with Gasteiger partial charge in [0.2, 0.25) is 5.91 Å². The summed E-state index contributed by atoms with van der Waals surface area (Å²) in [6, 6.07) is 14.2. The van der Waals surface area contributed by atoms with Crippen molar-refractivity contribution in [1.29, 1.82) is 0 Å². The van der Waals surface area contributed by atoms with Crippen molar-refractivity contribution in [2.45, 2.75) is 32.1 Å². The molecule has 1 N–H and O–H groups in total. The first kappa shape index (κ1) is 20.9. The molecule has 3 fully saturated rings. The zero-order valence-corrected chi connectivity index (χ0v) is 19.2. The van der Waals surface area contributed by atoms with Gasteiger partial charge in [-0.05, 0) is 110 Å². The van der Waals surface area contributed by atoms with E-state index in [1.165, 1.54) is 17.2 Å². The average molecular weight is 461 g/mol. The fraction of sp³-hybridized carbons (Fsp3) is 0.357. The van der Waals surface area contributed by atoms with E-state index < -0.39 is 0 Å². The highest BCUT2D eigenvalue weighted by Gasteiger charge is 2.56. The van der Waals surface area contributed by atoms with Crippen LogP contribution in [0.5, 0.6) is 0 Å². The van der Waals surface area contributed by atoms with Gasteiger partial charge in [-0.1, -0.05) is 23.3 Å². The number of hydrogen-bond donors (Lipinski definition) is 1. The molecule has 1 amide bonds. The van der Waals surface area contributed by atoms with Gasteiger partial charge in [-0.2, -0.15) is 0 Å². The molecule has 168 valence electrons. The maximum Gasteiger partial charge on any atom is 0.231 e. The van der Waals surface area contributed by atoms with Crippen LogP contribution in [0.4, 0.5) is 10.1 Å². The van der Waals surface area contributed by atoms with Crippen molar-refractivity contribution in [3.63, 3.8) is 0 Å². The number of nitrogens with zero attached hydrogens (tertiary/aromatic N) is 1. The van der Waals surface area contributed by atoms with E-state index in [0.29, 0.717) is 34.6 Å². The smallest absolute Gasteiger partial charge is 0.231 e. The van der Waals surface area contributed by atoms with Crippen molar-refractivity contribution in [2.24, 2.45) is 29.6 Å².